The van der Waals surface area contributed by atoms with Crippen LogP contribution in [0.15, 0.2) is 0 Å². The van der Waals surface area contributed by atoms with Crippen LogP contribution in [0.2, 0.25) is 0 Å². The Morgan fingerprint density at radius 1 is 0.292 bits per heavy atom. The lowest BCUT2D eigenvalue weighted by Crippen LogP contribution is -2.30. The van der Waals surface area contributed by atoms with Gasteiger partial charge in [0, 0.05) is 19.3 Å². The van der Waals surface area contributed by atoms with Gasteiger partial charge in [0.05, 0.1) is 0 Å². The van der Waals surface area contributed by atoms with Gasteiger partial charge in [-0.2, -0.15) is 0 Å². The summed E-state index contributed by atoms with van der Waals surface area (Å²) in [7, 11) is 0. The molecule has 0 radical (unpaired) electrons. The van der Waals surface area contributed by atoms with Crippen LogP contribution in [0.25, 0.3) is 0 Å². The Morgan fingerprint density at radius 2 is 0.508 bits per heavy atom. The Bertz CT molecular complexity index is 993. The molecule has 0 unspecified atom stereocenters. The van der Waals surface area contributed by atoms with Crippen LogP contribution in [0.5, 0.6) is 0 Å². The third-order valence-electron chi connectivity index (χ3n) is 13.5. The maximum Gasteiger partial charge on any atom is 0.306 e. The summed E-state index contributed by atoms with van der Waals surface area (Å²) < 4.78 is 16.9. The Kier molecular flexibility index (Phi) is 50.5. The summed E-state index contributed by atoms with van der Waals surface area (Å²) in [6.45, 7) is 11.4. The fraction of sp³-hybridized carbons (Fsp3) is 0.949. The third-order valence-corrected chi connectivity index (χ3v) is 13.5. The largest absolute Gasteiger partial charge is 0.462 e. The minimum Gasteiger partial charge on any atom is -0.462 e. The molecule has 0 aliphatic carbocycles. The highest BCUT2D eigenvalue weighted by Gasteiger charge is 2.19. The van der Waals surface area contributed by atoms with Gasteiger partial charge < -0.3 is 14.2 Å². The van der Waals surface area contributed by atoms with E-state index in [4.69, 9.17) is 14.2 Å². The smallest absolute Gasteiger partial charge is 0.306 e. The summed E-state index contributed by atoms with van der Waals surface area (Å²) in [5, 5.41) is 0. The second-order valence-electron chi connectivity index (χ2n) is 21.2. The molecule has 0 saturated carbocycles. The summed E-state index contributed by atoms with van der Waals surface area (Å²) in [4.78, 5) is 38.1. The summed E-state index contributed by atoms with van der Waals surface area (Å²) in [5.74, 6) is 0.801. The zero-order valence-electron chi connectivity index (χ0n) is 44.6. The van der Waals surface area contributed by atoms with Crippen molar-refractivity contribution in [3.05, 3.63) is 0 Å². The lowest BCUT2D eigenvalue weighted by molar-refractivity contribution is -0.167. The van der Waals surface area contributed by atoms with Gasteiger partial charge in [-0.3, -0.25) is 14.4 Å². The number of hydrogen-bond donors (Lipinski definition) is 0. The summed E-state index contributed by atoms with van der Waals surface area (Å²) in [5.41, 5.74) is 0. The molecule has 65 heavy (non-hydrogen) atoms. The van der Waals surface area contributed by atoms with Gasteiger partial charge in [0.1, 0.15) is 13.2 Å². The van der Waals surface area contributed by atoms with Gasteiger partial charge in [-0.1, -0.05) is 291 Å². The second-order valence-corrected chi connectivity index (χ2v) is 21.2. The first-order chi connectivity index (χ1) is 31.7. The van der Waals surface area contributed by atoms with Crippen LogP contribution in [0.4, 0.5) is 0 Å². The molecule has 0 aromatic rings. The molecule has 0 saturated heterocycles. The van der Waals surface area contributed by atoms with E-state index in [-0.39, 0.29) is 31.1 Å². The van der Waals surface area contributed by atoms with E-state index in [1.807, 2.05) is 0 Å². The third kappa shape index (κ3) is 53.2. The van der Waals surface area contributed by atoms with Crippen LogP contribution >= 0.6 is 0 Å². The topological polar surface area (TPSA) is 78.9 Å². The highest BCUT2D eigenvalue weighted by molar-refractivity contribution is 5.71. The maximum absolute atomic E-state index is 12.8. The van der Waals surface area contributed by atoms with Crippen LogP contribution in [0.3, 0.4) is 0 Å². The van der Waals surface area contributed by atoms with Crippen molar-refractivity contribution >= 4 is 17.9 Å². The zero-order chi connectivity index (χ0) is 47.5. The Morgan fingerprint density at radius 3 is 0.754 bits per heavy atom. The molecule has 6 nitrogen and oxygen atoms in total. The molecule has 0 aliphatic rings. The van der Waals surface area contributed by atoms with E-state index in [9.17, 15) is 14.4 Å². The number of unbranched alkanes of at least 4 members (excludes halogenated alkanes) is 38. The number of carbonyl (C=O) groups is 3. The van der Waals surface area contributed by atoms with Gasteiger partial charge >= 0.3 is 17.9 Å². The lowest BCUT2D eigenvalue weighted by Gasteiger charge is -2.18. The molecule has 386 valence electrons. The molecule has 0 aromatic carbocycles. The van der Waals surface area contributed by atoms with E-state index >= 15 is 0 Å². The van der Waals surface area contributed by atoms with Crippen molar-refractivity contribution in [2.24, 2.45) is 11.8 Å². The fourth-order valence-electron chi connectivity index (χ4n) is 9.05. The average molecular weight is 920 g/mol. The van der Waals surface area contributed by atoms with E-state index in [1.54, 1.807) is 0 Å². The van der Waals surface area contributed by atoms with Gasteiger partial charge in [0.15, 0.2) is 6.10 Å². The standard InChI is InChI=1S/C59H114O6/c1-6-7-8-9-10-11-12-13-14-15-16-19-22-25-28-34-39-44-49-57(60)63-52-56(65-59(62)51-46-41-36-31-30-33-38-43-48-55(4)5)53-64-58(61)50-45-40-35-29-26-23-20-17-18-21-24-27-32-37-42-47-54(2)3/h54-56H,6-53H2,1-5H3/t56-/m1/s1. The van der Waals surface area contributed by atoms with Gasteiger partial charge in [-0.15, -0.1) is 0 Å². The molecular weight excluding hydrogens is 805 g/mol. The zero-order valence-corrected chi connectivity index (χ0v) is 44.6. The molecule has 0 spiro atoms. The minimum atomic E-state index is -0.763. The minimum absolute atomic E-state index is 0.0632. The molecule has 0 aliphatic heterocycles. The lowest BCUT2D eigenvalue weighted by atomic mass is 10.0. The summed E-state index contributed by atoms with van der Waals surface area (Å²) in [6.07, 6.45) is 55.3. The summed E-state index contributed by atoms with van der Waals surface area (Å²) in [6, 6.07) is 0. The maximum atomic E-state index is 12.8. The molecule has 6 heteroatoms. The molecule has 0 fully saturated rings. The fourth-order valence-corrected chi connectivity index (χ4v) is 9.05. The second kappa shape index (κ2) is 51.8. The molecule has 0 aromatic heterocycles. The van der Waals surface area contributed by atoms with Gasteiger partial charge in [-0.25, -0.2) is 0 Å². The Balaban J connectivity index is 4.23. The molecule has 0 amide bonds. The van der Waals surface area contributed by atoms with Gasteiger partial charge in [0.25, 0.3) is 0 Å². The van der Waals surface area contributed by atoms with Crippen molar-refractivity contribution in [2.45, 2.75) is 336 Å². The van der Waals surface area contributed by atoms with Crippen LogP contribution in [0, 0.1) is 11.8 Å². The number of carbonyl (C=O) groups excluding carboxylic acids is 3. The molecule has 0 heterocycles. The monoisotopic (exact) mass is 919 g/mol. The van der Waals surface area contributed by atoms with E-state index in [1.165, 1.54) is 218 Å². The van der Waals surface area contributed by atoms with Crippen molar-refractivity contribution in [1.82, 2.24) is 0 Å². The van der Waals surface area contributed by atoms with Crippen molar-refractivity contribution < 1.29 is 28.6 Å². The van der Waals surface area contributed by atoms with Crippen molar-refractivity contribution in [2.75, 3.05) is 13.2 Å². The quantitative estimate of drug-likeness (QED) is 0.0344. The first kappa shape index (κ1) is 63.4. The first-order valence-electron chi connectivity index (χ1n) is 29.2. The molecule has 0 rings (SSSR count). The molecule has 0 N–H and O–H groups in total. The van der Waals surface area contributed by atoms with E-state index in [0.717, 1.165) is 69.6 Å². The van der Waals surface area contributed by atoms with Crippen LogP contribution in [-0.4, -0.2) is 37.2 Å². The Labute approximate surface area is 406 Å². The first-order valence-corrected chi connectivity index (χ1v) is 29.2. The van der Waals surface area contributed by atoms with E-state index < -0.39 is 6.10 Å². The van der Waals surface area contributed by atoms with Crippen molar-refractivity contribution in [3.8, 4) is 0 Å². The van der Waals surface area contributed by atoms with Crippen molar-refractivity contribution in [3.63, 3.8) is 0 Å². The van der Waals surface area contributed by atoms with Crippen molar-refractivity contribution in [1.29, 1.82) is 0 Å². The normalized spacial score (nSPS) is 12.0. The summed E-state index contributed by atoms with van der Waals surface area (Å²) >= 11 is 0. The predicted octanol–water partition coefficient (Wildman–Crippen LogP) is 19.3. The average Bonchev–Trinajstić information content (AvgIpc) is 3.28. The van der Waals surface area contributed by atoms with E-state index in [2.05, 4.69) is 34.6 Å². The molecule has 0 bridgehead atoms. The van der Waals surface area contributed by atoms with Crippen LogP contribution in [0.1, 0.15) is 330 Å². The predicted molar refractivity (Wildman–Crippen MR) is 280 cm³/mol. The number of esters is 3. The SMILES string of the molecule is CCCCCCCCCCCCCCCCCCCCC(=O)OC[C@H](COC(=O)CCCCCCCCCCCCCCCCCC(C)C)OC(=O)CCCCCCCCCCC(C)C. The van der Waals surface area contributed by atoms with Gasteiger partial charge in [0.2, 0.25) is 0 Å². The van der Waals surface area contributed by atoms with E-state index in [0.29, 0.717) is 19.3 Å². The van der Waals surface area contributed by atoms with Crippen LogP contribution < -0.4 is 0 Å². The number of ether oxygens (including phenoxy) is 3. The highest BCUT2D eigenvalue weighted by atomic mass is 16.6. The Hall–Kier alpha value is -1.59. The number of rotatable bonds is 53. The molecular formula is C59H114O6. The van der Waals surface area contributed by atoms with Gasteiger partial charge in [-0.05, 0) is 31.1 Å². The highest BCUT2D eigenvalue weighted by Crippen LogP contribution is 2.18. The van der Waals surface area contributed by atoms with Crippen LogP contribution in [-0.2, 0) is 28.6 Å². The molecule has 1 atom stereocenters. The number of hydrogen-bond acceptors (Lipinski definition) is 6.